The van der Waals surface area contributed by atoms with Gasteiger partial charge in [-0.2, -0.15) is 13.2 Å². The average molecular weight is 500 g/mol. The van der Waals surface area contributed by atoms with E-state index in [1.54, 1.807) is 42.5 Å². The Morgan fingerprint density at radius 2 is 1.49 bits per heavy atom. The van der Waals surface area contributed by atoms with Crippen LogP contribution < -0.4 is 5.32 Å². The van der Waals surface area contributed by atoms with Gasteiger partial charge in [0.1, 0.15) is 0 Å². The molecule has 0 aliphatic heterocycles. The van der Waals surface area contributed by atoms with Gasteiger partial charge in [-0.1, -0.05) is 60.7 Å². The first-order chi connectivity index (χ1) is 16.5. The van der Waals surface area contributed by atoms with Crippen LogP contribution in [-0.4, -0.2) is 30.3 Å². The predicted molar refractivity (Wildman–Crippen MR) is 123 cm³/mol. The minimum absolute atomic E-state index is 0.0685. The highest BCUT2D eigenvalue weighted by atomic mass is 32.2. The van der Waals surface area contributed by atoms with Crippen LogP contribution in [0.15, 0.2) is 90.0 Å². The molecular weight excluding hydrogens is 481 g/mol. The third-order valence-electron chi connectivity index (χ3n) is 5.50. The molecule has 0 saturated carbocycles. The average Bonchev–Trinajstić information content (AvgIpc) is 3.24. The number of alkyl halides is 3. The molecule has 35 heavy (non-hydrogen) atoms. The highest BCUT2D eigenvalue weighted by Gasteiger charge is 2.39. The molecular formula is C25H19F3N2O4S. The third-order valence-corrected chi connectivity index (χ3v) is 7.19. The number of nitrogens with one attached hydrogen (secondary N) is 1. The van der Waals surface area contributed by atoms with E-state index < -0.39 is 33.9 Å². The van der Waals surface area contributed by atoms with Crippen molar-refractivity contribution in [2.75, 3.05) is 0 Å². The van der Waals surface area contributed by atoms with Gasteiger partial charge in [-0.25, -0.2) is 12.4 Å². The number of hydrogen-bond donors (Lipinski definition) is 1. The van der Waals surface area contributed by atoms with Gasteiger partial charge < -0.3 is 5.32 Å². The van der Waals surface area contributed by atoms with Crippen molar-refractivity contribution in [1.82, 2.24) is 9.29 Å². The van der Waals surface area contributed by atoms with E-state index in [1.165, 1.54) is 49.5 Å². The molecule has 0 spiro atoms. The lowest BCUT2D eigenvalue weighted by Crippen LogP contribution is -2.38. The van der Waals surface area contributed by atoms with Crippen LogP contribution in [0, 0.1) is 0 Å². The maximum Gasteiger partial charge on any atom is 0.471 e. The van der Waals surface area contributed by atoms with Crippen LogP contribution in [0.25, 0.3) is 10.9 Å². The molecule has 1 aromatic heterocycles. The van der Waals surface area contributed by atoms with Crippen molar-refractivity contribution < 1.29 is 31.2 Å². The van der Waals surface area contributed by atoms with Crippen molar-refractivity contribution in [1.29, 1.82) is 0 Å². The zero-order chi connectivity index (χ0) is 25.4. The zero-order valence-electron chi connectivity index (χ0n) is 18.3. The fourth-order valence-corrected chi connectivity index (χ4v) is 5.07. The van der Waals surface area contributed by atoms with Crippen molar-refractivity contribution in [3.8, 4) is 0 Å². The molecule has 1 atom stereocenters. The normalized spacial score (nSPS) is 12.9. The molecule has 3 aromatic carbocycles. The molecule has 1 heterocycles. The minimum atomic E-state index is -5.00. The van der Waals surface area contributed by atoms with E-state index in [9.17, 15) is 31.2 Å². The van der Waals surface area contributed by atoms with E-state index in [-0.39, 0.29) is 16.0 Å². The fraction of sp³-hybridized carbons (Fsp3) is 0.120. The van der Waals surface area contributed by atoms with Crippen molar-refractivity contribution in [2.24, 2.45) is 0 Å². The van der Waals surface area contributed by atoms with Crippen LogP contribution >= 0.6 is 0 Å². The number of para-hydroxylation sites is 1. The lowest BCUT2D eigenvalue weighted by molar-refractivity contribution is -0.174. The topological polar surface area (TPSA) is 85.2 Å². The first-order valence-electron chi connectivity index (χ1n) is 10.4. The lowest BCUT2D eigenvalue weighted by atomic mass is 10.00. The maximum atomic E-state index is 13.3. The number of benzene rings is 3. The van der Waals surface area contributed by atoms with E-state index in [1.807, 2.05) is 5.32 Å². The van der Waals surface area contributed by atoms with Gasteiger partial charge in [0.2, 0.25) is 0 Å². The summed E-state index contributed by atoms with van der Waals surface area (Å²) in [6.07, 6.45) is -3.73. The van der Waals surface area contributed by atoms with Crippen LogP contribution in [0.3, 0.4) is 0 Å². The monoisotopic (exact) mass is 500 g/mol. The Kier molecular flexibility index (Phi) is 6.25. The van der Waals surface area contributed by atoms with E-state index in [4.69, 9.17) is 0 Å². The second-order valence-corrected chi connectivity index (χ2v) is 9.63. The Hall–Kier alpha value is -3.92. The number of carbonyl (C=O) groups excluding carboxylic acids is 2. The van der Waals surface area contributed by atoms with Crippen LogP contribution in [0.5, 0.6) is 0 Å². The number of rotatable bonds is 6. The molecule has 0 bridgehead atoms. The summed E-state index contributed by atoms with van der Waals surface area (Å²) in [4.78, 5) is 24.5. The zero-order valence-corrected chi connectivity index (χ0v) is 19.1. The quantitative estimate of drug-likeness (QED) is 0.384. The first-order valence-corrected chi connectivity index (χ1v) is 11.9. The van der Waals surface area contributed by atoms with Gasteiger partial charge in [0, 0.05) is 22.7 Å². The second-order valence-electron chi connectivity index (χ2n) is 7.82. The van der Waals surface area contributed by atoms with Crippen molar-refractivity contribution in [3.63, 3.8) is 0 Å². The second kappa shape index (κ2) is 9.03. The Bertz CT molecular complexity index is 1510. The number of nitrogens with zero attached hydrogens (tertiary/aromatic N) is 1. The van der Waals surface area contributed by atoms with E-state index in [2.05, 4.69) is 0 Å². The van der Waals surface area contributed by atoms with Crippen molar-refractivity contribution >= 4 is 32.6 Å². The molecule has 0 radical (unpaired) electrons. The Morgan fingerprint density at radius 1 is 0.886 bits per heavy atom. The molecule has 0 aliphatic carbocycles. The number of fused-ring (bicyclic) bond motifs is 1. The van der Waals surface area contributed by atoms with Crippen LogP contribution in [0.4, 0.5) is 13.2 Å². The summed E-state index contributed by atoms with van der Waals surface area (Å²) in [5.74, 6) is -2.51. The largest absolute Gasteiger partial charge is 0.471 e. The molecule has 180 valence electrons. The molecule has 1 unspecified atom stereocenters. The summed E-state index contributed by atoms with van der Waals surface area (Å²) < 4.78 is 65.0. The van der Waals surface area contributed by atoms with Gasteiger partial charge in [-0.15, -0.1) is 0 Å². The number of halogens is 3. The van der Waals surface area contributed by atoms with Gasteiger partial charge in [0.25, 0.3) is 10.0 Å². The van der Waals surface area contributed by atoms with Crippen molar-refractivity contribution in [2.45, 2.75) is 24.0 Å². The summed E-state index contributed by atoms with van der Waals surface area (Å²) in [6.45, 7) is 1.39. The molecule has 4 rings (SSSR count). The Balaban J connectivity index is 1.68. The van der Waals surface area contributed by atoms with E-state index in [0.29, 0.717) is 16.5 Å². The molecule has 4 aromatic rings. The highest BCUT2D eigenvalue weighted by Crippen LogP contribution is 2.28. The molecule has 0 aliphatic rings. The third kappa shape index (κ3) is 4.69. The fourth-order valence-electron chi connectivity index (χ4n) is 3.68. The van der Waals surface area contributed by atoms with Crippen molar-refractivity contribution in [3.05, 3.63) is 102 Å². The smallest absolute Gasteiger partial charge is 0.342 e. The van der Waals surface area contributed by atoms with E-state index >= 15 is 0 Å². The van der Waals surface area contributed by atoms with Gasteiger partial charge >= 0.3 is 12.1 Å². The first kappa shape index (κ1) is 24.2. The minimum Gasteiger partial charge on any atom is -0.342 e. The van der Waals surface area contributed by atoms with Gasteiger partial charge in [0.15, 0.2) is 5.78 Å². The lowest BCUT2D eigenvalue weighted by Gasteiger charge is -2.15. The van der Waals surface area contributed by atoms with Crippen LogP contribution in [-0.2, 0) is 14.8 Å². The van der Waals surface area contributed by atoms with Gasteiger partial charge in [0.05, 0.1) is 16.5 Å². The summed E-state index contributed by atoms with van der Waals surface area (Å²) in [6, 6.07) is 19.2. The van der Waals surface area contributed by atoms with Crippen LogP contribution in [0.1, 0.15) is 34.5 Å². The Morgan fingerprint density at radius 3 is 2.11 bits per heavy atom. The molecule has 0 fully saturated rings. The summed E-state index contributed by atoms with van der Waals surface area (Å²) in [7, 11) is -3.97. The molecule has 10 heteroatoms. The summed E-state index contributed by atoms with van der Waals surface area (Å²) >= 11 is 0. The summed E-state index contributed by atoms with van der Waals surface area (Å²) in [5.41, 5.74) is 1.07. The SMILES string of the molecule is CC(NC(=O)C(F)(F)F)c1ccc(C(=O)c2cn(S(=O)(=O)c3ccccc3)c3ccccc23)cc1. The standard InChI is InChI=1S/C25H19F3N2O4S/c1-16(29-24(32)25(26,27)28)17-11-13-18(14-12-17)23(31)21-15-30(22-10-6-5-9-20(21)22)35(33,34)19-7-3-2-4-8-19/h2-16H,1H3,(H,29,32). The molecule has 6 nitrogen and oxygen atoms in total. The Labute approximate surface area is 199 Å². The maximum absolute atomic E-state index is 13.3. The number of carbonyl (C=O) groups is 2. The number of amides is 1. The number of ketones is 1. The number of aromatic nitrogens is 1. The summed E-state index contributed by atoms with van der Waals surface area (Å²) in [5, 5.41) is 2.29. The highest BCUT2D eigenvalue weighted by molar-refractivity contribution is 7.90. The molecule has 1 N–H and O–H groups in total. The molecule has 0 saturated heterocycles. The van der Waals surface area contributed by atoms with Crippen LogP contribution in [0.2, 0.25) is 0 Å². The number of hydrogen-bond acceptors (Lipinski definition) is 4. The van der Waals surface area contributed by atoms with E-state index in [0.717, 1.165) is 3.97 Å². The molecule has 1 amide bonds. The predicted octanol–water partition coefficient (Wildman–Crippen LogP) is 4.85. The van der Waals surface area contributed by atoms with Gasteiger partial charge in [-0.05, 0) is 30.7 Å². The van der Waals surface area contributed by atoms with Gasteiger partial charge in [-0.3, -0.25) is 9.59 Å².